The van der Waals surface area contributed by atoms with Crippen molar-refractivity contribution in [2.24, 2.45) is 0 Å². The number of nitrogens with zero attached hydrogens (tertiary/aromatic N) is 1. The second-order valence-electron chi connectivity index (χ2n) is 4.36. The lowest BCUT2D eigenvalue weighted by atomic mass is 10.3. The van der Waals surface area contributed by atoms with E-state index in [0.29, 0.717) is 0 Å². The van der Waals surface area contributed by atoms with Crippen molar-refractivity contribution in [3.05, 3.63) is 0 Å². The molecule has 1 unspecified atom stereocenters. The van der Waals surface area contributed by atoms with Crippen LogP contribution in [-0.4, -0.2) is 49.4 Å². The van der Waals surface area contributed by atoms with Gasteiger partial charge < -0.3 is 19.5 Å². The van der Waals surface area contributed by atoms with Crippen LogP contribution in [0.15, 0.2) is 0 Å². The predicted octanol–water partition coefficient (Wildman–Crippen LogP) is -0.390. The molecule has 0 fully saturated rings. The van der Waals surface area contributed by atoms with Crippen molar-refractivity contribution in [2.75, 3.05) is 27.7 Å². The quantitative estimate of drug-likeness (QED) is 0.636. The van der Waals surface area contributed by atoms with Crippen LogP contribution in [0.25, 0.3) is 0 Å². The normalized spacial score (nSPS) is 12.7. The van der Waals surface area contributed by atoms with Crippen LogP contribution in [0.3, 0.4) is 0 Å². The molecular formula is C10H23NO3. The molecule has 0 spiro atoms. The molecule has 0 aliphatic carbocycles. The van der Waals surface area contributed by atoms with Gasteiger partial charge in [-0.1, -0.05) is 13.3 Å². The van der Waals surface area contributed by atoms with E-state index < -0.39 is 12.1 Å². The highest BCUT2D eigenvalue weighted by atomic mass is 16.4. The van der Waals surface area contributed by atoms with Crippen LogP contribution >= 0.6 is 0 Å². The topological polar surface area (TPSA) is 60.4 Å². The van der Waals surface area contributed by atoms with Gasteiger partial charge in [0.05, 0.1) is 39.8 Å². The van der Waals surface area contributed by atoms with Crippen molar-refractivity contribution in [1.29, 1.82) is 0 Å². The van der Waals surface area contributed by atoms with Gasteiger partial charge in [-0.15, -0.1) is 0 Å². The van der Waals surface area contributed by atoms with Crippen molar-refractivity contribution < 1.29 is 19.5 Å². The molecule has 0 amide bonds. The molecular weight excluding hydrogens is 182 g/mol. The van der Waals surface area contributed by atoms with E-state index in [9.17, 15) is 9.90 Å². The minimum atomic E-state index is -1.44. The molecule has 0 aromatic heterocycles. The van der Waals surface area contributed by atoms with Gasteiger partial charge in [0, 0.05) is 0 Å². The molecule has 14 heavy (non-hydrogen) atoms. The van der Waals surface area contributed by atoms with Gasteiger partial charge in [-0.3, -0.25) is 0 Å². The van der Waals surface area contributed by atoms with E-state index in [1.807, 2.05) is 0 Å². The Bertz CT molecular complexity index is 150. The Balaban J connectivity index is 0. The lowest BCUT2D eigenvalue weighted by molar-refractivity contribution is -0.870. The van der Waals surface area contributed by atoms with Crippen molar-refractivity contribution in [3.63, 3.8) is 0 Å². The van der Waals surface area contributed by atoms with Gasteiger partial charge in [-0.2, -0.15) is 0 Å². The van der Waals surface area contributed by atoms with Gasteiger partial charge in [-0.25, -0.2) is 0 Å². The van der Waals surface area contributed by atoms with Gasteiger partial charge >= 0.3 is 0 Å². The number of carbonyl (C=O) groups excluding carboxylic acids is 1. The van der Waals surface area contributed by atoms with Gasteiger partial charge in [0.2, 0.25) is 0 Å². The number of hydrogen-bond acceptors (Lipinski definition) is 3. The first-order chi connectivity index (χ1) is 6.20. The minimum absolute atomic E-state index is 1.10. The van der Waals surface area contributed by atoms with Gasteiger partial charge in [0.15, 0.2) is 0 Å². The summed E-state index contributed by atoms with van der Waals surface area (Å²) in [6, 6.07) is 0. The Morgan fingerprint density at radius 2 is 1.79 bits per heavy atom. The van der Waals surface area contributed by atoms with Crippen LogP contribution in [0.4, 0.5) is 0 Å². The largest absolute Gasteiger partial charge is 0.547 e. The second kappa shape index (κ2) is 7.76. The third-order valence-electron chi connectivity index (χ3n) is 1.52. The minimum Gasteiger partial charge on any atom is -0.547 e. The number of rotatable bonds is 4. The van der Waals surface area contributed by atoms with Crippen LogP contribution in [0, 0.1) is 0 Å². The van der Waals surface area contributed by atoms with E-state index in [0.717, 1.165) is 11.4 Å². The number of carboxylic acid groups (broad SMARTS) is 1. The fraction of sp³-hybridized carbons (Fsp3) is 0.900. The molecule has 0 saturated carbocycles. The first-order valence-corrected chi connectivity index (χ1v) is 4.90. The van der Waals surface area contributed by atoms with Crippen LogP contribution in [0.2, 0.25) is 0 Å². The highest BCUT2D eigenvalue weighted by molar-refractivity contribution is 5.68. The molecule has 86 valence electrons. The summed E-state index contributed by atoms with van der Waals surface area (Å²) in [5.41, 5.74) is 0. The standard InChI is InChI=1S/C7H18N.C3H6O3/c1-5-6-7-8(2,3)4;1-2(4)3(5)6/h5-7H2,1-4H3;2,4H,1H3,(H,5,6)/q+1;/p-1. The molecule has 4 nitrogen and oxygen atoms in total. The number of aliphatic hydroxyl groups excluding tert-OH is 1. The van der Waals surface area contributed by atoms with Crippen molar-refractivity contribution in [1.82, 2.24) is 0 Å². The van der Waals surface area contributed by atoms with E-state index in [1.165, 1.54) is 19.4 Å². The van der Waals surface area contributed by atoms with Crippen LogP contribution in [-0.2, 0) is 4.79 Å². The highest BCUT2D eigenvalue weighted by Gasteiger charge is 2.02. The number of unbranched alkanes of at least 4 members (excludes halogenated alkanes) is 1. The zero-order chi connectivity index (χ0) is 11.8. The average molecular weight is 205 g/mol. The lowest BCUT2D eigenvalue weighted by Crippen LogP contribution is -2.35. The van der Waals surface area contributed by atoms with E-state index in [2.05, 4.69) is 28.1 Å². The van der Waals surface area contributed by atoms with Crippen LogP contribution in [0.5, 0.6) is 0 Å². The Morgan fingerprint density at radius 1 is 1.43 bits per heavy atom. The Labute approximate surface area is 86.7 Å². The number of aliphatic carboxylic acids is 1. The maximum atomic E-state index is 9.34. The summed E-state index contributed by atoms with van der Waals surface area (Å²) in [4.78, 5) is 9.34. The number of aliphatic hydroxyl groups is 1. The Hall–Kier alpha value is -0.610. The predicted molar refractivity (Wildman–Crippen MR) is 54.5 cm³/mol. The summed E-state index contributed by atoms with van der Waals surface area (Å²) in [5, 5.41) is 17.3. The Kier molecular flexibility index (Phi) is 8.79. The number of carbonyl (C=O) groups is 1. The molecule has 0 saturated heterocycles. The van der Waals surface area contributed by atoms with Crippen LogP contribution < -0.4 is 5.11 Å². The molecule has 1 N–H and O–H groups in total. The molecule has 0 aromatic rings. The molecule has 1 atom stereocenters. The van der Waals surface area contributed by atoms with E-state index >= 15 is 0 Å². The fourth-order valence-corrected chi connectivity index (χ4v) is 0.632. The fourth-order valence-electron chi connectivity index (χ4n) is 0.632. The molecule has 0 aliphatic rings. The van der Waals surface area contributed by atoms with E-state index in [-0.39, 0.29) is 0 Å². The SMILES string of the molecule is CC(O)C(=O)[O-].CCCC[N+](C)(C)C. The van der Waals surface area contributed by atoms with Crippen molar-refractivity contribution in [3.8, 4) is 0 Å². The second-order valence-corrected chi connectivity index (χ2v) is 4.36. The van der Waals surface area contributed by atoms with Gasteiger partial charge in [0.1, 0.15) is 0 Å². The molecule has 0 radical (unpaired) electrons. The maximum Gasteiger partial charge on any atom is 0.0905 e. The lowest BCUT2D eigenvalue weighted by Gasteiger charge is -2.23. The molecule has 0 rings (SSSR count). The molecule has 4 heteroatoms. The van der Waals surface area contributed by atoms with Gasteiger partial charge in [-0.05, 0) is 13.3 Å². The third kappa shape index (κ3) is 17.5. The molecule has 0 aliphatic heterocycles. The third-order valence-corrected chi connectivity index (χ3v) is 1.52. The summed E-state index contributed by atoms with van der Waals surface area (Å²) in [5.74, 6) is -1.44. The summed E-state index contributed by atoms with van der Waals surface area (Å²) in [7, 11) is 6.70. The smallest absolute Gasteiger partial charge is 0.0905 e. The summed E-state index contributed by atoms with van der Waals surface area (Å²) >= 11 is 0. The Morgan fingerprint density at radius 3 is 1.86 bits per heavy atom. The average Bonchev–Trinajstić information content (AvgIpc) is 2.00. The van der Waals surface area contributed by atoms with Crippen LogP contribution in [0.1, 0.15) is 26.7 Å². The summed E-state index contributed by atoms with van der Waals surface area (Å²) in [6.45, 7) is 4.67. The maximum absolute atomic E-state index is 9.34. The summed E-state index contributed by atoms with van der Waals surface area (Å²) in [6.07, 6.45) is 1.32. The number of hydrogen-bond donors (Lipinski definition) is 1. The summed E-state index contributed by atoms with van der Waals surface area (Å²) < 4.78 is 1.10. The van der Waals surface area contributed by atoms with E-state index in [1.54, 1.807) is 0 Å². The molecule has 0 aromatic carbocycles. The first kappa shape index (κ1) is 15.8. The van der Waals surface area contributed by atoms with E-state index in [4.69, 9.17) is 5.11 Å². The molecule has 0 heterocycles. The monoisotopic (exact) mass is 205 g/mol. The highest BCUT2D eigenvalue weighted by Crippen LogP contribution is 1.95. The first-order valence-electron chi connectivity index (χ1n) is 4.90. The zero-order valence-corrected chi connectivity index (χ0v) is 9.91. The number of carboxylic acids is 1. The molecule has 0 bridgehead atoms. The number of quaternary nitrogens is 1. The van der Waals surface area contributed by atoms with Crippen molar-refractivity contribution in [2.45, 2.75) is 32.8 Å². The van der Waals surface area contributed by atoms with Crippen molar-refractivity contribution >= 4 is 5.97 Å². The zero-order valence-electron chi connectivity index (χ0n) is 9.91. The van der Waals surface area contributed by atoms with Gasteiger partial charge in [0.25, 0.3) is 0 Å².